The second-order valence-corrected chi connectivity index (χ2v) is 5.07. The Bertz CT molecular complexity index is 381. The fraction of sp³-hybridized carbons (Fsp3) is 0.846. The number of hydrogen-bond donors (Lipinski definition) is 1. The number of hydrogen-bond acceptors (Lipinski definition) is 6. The van der Waals surface area contributed by atoms with Crippen molar-refractivity contribution >= 4 is 0 Å². The quantitative estimate of drug-likeness (QED) is 0.840. The van der Waals surface area contributed by atoms with E-state index in [0.717, 1.165) is 19.3 Å². The Kier molecular flexibility index (Phi) is 4.90. The van der Waals surface area contributed by atoms with Crippen LogP contribution in [0.1, 0.15) is 44.8 Å². The van der Waals surface area contributed by atoms with Crippen LogP contribution in [-0.2, 0) is 21.5 Å². The highest BCUT2D eigenvalue weighted by atomic mass is 16.5. The summed E-state index contributed by atoms with van der Waals surface area (Å²) in [6.07, 6.45) is 3.09. The number of rotatable bonds is 6. The SMILES string of the molecule is CCOC1(c2noc(CCC(C)N)n2)CCOCC1. The Balaban J connectivity index is 2.09. The summed E-state index contributed by atoms with van der Waals surface area (Å²) in [6.45, 7) is 5.92. The summed E-state index contributed by atoms with van der Waals surface area (Å²) < 4.78 is 16.6. The van der Waals surface area contributed by atoms with Crippen LogP contribution in [-0.4, -0.2) is 36.0 Å². The van der Waals surface area contributed by atoms with Gasteiger partial charge in [0.2, 0.25) is 11.7 Å². The summed E-state index contributed by atoms with van der Waals surface area (Å²) in [6, 6.07) is 0.138. The van der Waals surface area contributed by atoms with Crippen molar-refractivity contribution in [3.8, 4) is 0 Å². The van der Waals surface area contributed by atoms with Crippen molar-refractivity contribution in [2.75, 3.05) is 19.8 Å². The standard InChI is InChI=1S/C13H23N3O3/c1-3-18-13(6-8-17-9-7-13)12-15-11(19-16-12)5-4-10(2)14/h10H,3-9,14H2,1-2H3. The highest BCUT2D eigenvalue weighted by Crippen LogP contribution is 2.34. The van der Waals surface area contributed by atoms with Crippen LogP contribution < -0.4 is 5.73 Å². The zero-order chi connectivity index (χ0) is 13.7. The Morgan fingerprint density at radius 3 is 2.79 bits per heavy atom. The number of aryl methyl sites for hydroxylation is 1. The second-order valence-electron chi connectivity index (χ2n) is 5.07. The van der Waals surface area contributed by atoms with Gasteiger partial charge in [0.1, 0.15) is 5.60 Å². The first-order chi connectivity index (χ1) is 9.16. The van der Waals surface area contributed by atoms with E-state index in [2.05, 4.69) is 10.1 Å². The molecule has 0 amide bonds. The molecule has 1 saturated heterocycles. The molecule has 6 heteroatoms. The Morgan fingerprint density at radius 1 is 1.42 bits per heavy atom. The fourth-order valence-corrected chi connectivity index (χ4v) is 2.30. The third-order valence-corrected chi connectivity index (χ3v) is 3.41. The van der Waals surface area contributed by atoms with Crippen molar-refractivity contribution in [2.45, 2.75) is 51.2 Å². The van der Waals surface area contributed by atoms with E-state index in [1.807, 2.05) is 13.8 Å². The summed E-state index contributed by atoms with van der Waals surface area (Å²) >= 11 is 0. The number of nitrogens with zero attached hydrogens (tertiary/aromatic N) is 2. The average Bonchev–Trinajstić information content (AvgIpc) is 2.87. The first-order valence-corrected chi connectivity index (χ1v) is 6.96. The molecule has 108 valence electrons. The highest BCUT2D eigenvalue weighted by Gasteiger charge is 2.39. The molecule has 0 aromatic carbocycles. The van der Waals surface area contributed by atoms with Gasteiger partial charge >= 0.3 is 0 Å². The monoisotopic (exact) mass is 269 g/mol. The van der Waals surface area contributed by atoms with Gasteiger partial charge in [-0.1, -0.05) is 5.16 Å². The van der Waals surface area contributed by atoms with Crippen LogP contribution in [0.15, 0.2) is 4.52 Å². The zero-order valence-electron chi connectivity index (χ0n) is 11.7. The topological polar surface area (TPSA) is 83.4 Å². The molecule has 0 radical (unpaired) electrons. The lowest BCUT2D eigenvalue weighted by Gasteiger charge is -2.33. The van der Waals surface area contributed by atoms with Gasteiger partial charge in [-0.3, -0.25) is 0 Å². The van der Waals surface area contributed by atoms with Crippen LogP contribution in [0.25, 0.3) is 0 Å². The van der Waals surface area contributed by atoms with E-state index >= 15 is 0 Å². The zero-order valence-corrected chi connectivity index (χ0v) is 11.7. The summed E-state index contributed by atoms with van der Waals surface area (Å²) in [5.74, 6) is 1.29. The Hall–Kier alpha value is -0.980. The molecule has 6 nitrogen and oxygen atoms in total. The molecule has 1 aromatic heterocycles. The van der Waals surface area contributed by atoms with Gasteiger partial charge in [-0.25, -0.2) is 0 Å². The molecular formula is C13H23N3O3. The lowest BCUT2D eigenvalue weighted by atomic mass is 9.93. The molecule has 2 N–H and O–H groups in total. The van der Waals surface area contributed by atoms with Gasteiger partial charge < -0.3 is 19.7 Å². The van der Waals surface area contributed by atoms with Crippen LogP contribution >= 0.6 is 0 Å². The van der Waals surface area contributed by atoms with Crippen molar-refractivity contribution in [1.29, 1.82) is 0 Å². The summed E-state index contributed by atoms with van der Waals surface area (Å²) in [4.78, 5) is 4.48. The summed E-state index contributed by atoms with van der Waals surface area (Å²) in [7, 11) is 0. The van der Waals surface area contributed by atoms with Gasteiger partial charge in [-0.2, -0.15) is 4.98 Å². The maximum absolute atomic E-state index is 5.91. The first-order valence-electron chi connectivity index (χ1n) is 6.96. The minimum Gasteiger partial charge on any atom is -0.381 e. The number of ether oxygens (including phenoxy) is 2. The molecule has 0 saturated carbocycles. The molecule has 19 heavy (non-hydrogen) atoms. The molecule has 1 fully saturated rings. The van der Waals surface area contributed by atoms with Gasteiger partial charge in [0, 0.05) is 45.1 Å². The van der Waals surface area contributed by atoms with E-state index < -0.39 is 5.60 Å². The molecule has 0 aliphatic carbocycles. The summed E-state index contributed by atoms with van der Waals surface area (Å²) in [5, 5.41) is 4.10. The Labute approximate surface area is 113 Å². The minimum atomic E-state index is -0.441. The molecular weight excluding hydrogens is 246 g/mol. The van der Waals surface area contributed by atoms with Crippen LogP contribution in [0.2, 0.25) is 0 Å². The van der Waals surface area contributed by atoms with Crippen molar-refractivity contribution < 1.29 is 14.0 Å². The lowest BCUT2D eigenvalue weighted by Crippen LogP contribution is -2.37. The summed E-state index contributed by atoms with van der Waals surface area (Å²) in [5.41, 5.74) is 5.29. The van der Waals surface area contributed by atoms with E-state index in [4.69, 9.17) is 19.7 Å². The molecule has 0 bridgehead atoms. The predicted octanol–water partition coefficient (Wildman–Crippen LogP) is 1.39. The van der Waals surface area contributed by atoms with Gasteiger partial charge in [-0.15, -0.1) is 0 Å². The van der Waals surface area contributed by atoms with Crippen molar-refractivity contribution in [3.05, 3.63) is 11.7 Å². The van der Waals surface area contributed by atoms with Crippen LogP contribution in [0.4, 0.5) is 0 Å². The van der Waals surface area contributed by atoms with Gasteiger partial charge in [0.05, 0.1) is 0 Å². The molecule has 2 heterocycles. The van der Waals surface area contributed by atoms with Crippen molar-refractivity contribution in [2.24, 2.45) is 5.73 Å². The molecule has 1 unspecified atom stereocenters. The molecule has 1 aliphatic rings. The maximum Gasteiger partial charge on any atom is 0.226 e. The fourth-order valence-electron chi connectivity index (χ4n) is 2.30. The smallest absolute Gasteiger partial charge is 0.226 e. The Morgan fingerprint density at radius 2 is 2.16 bits per heavy atom. The van der Waals surface area contributed by atoms with Crippen LogP contribution in [0.5, 0.6) is 0 Å². The minimum absolute atomic E-state index is 0.138. The van der Waals surface area contributed by atoms with Crippen LogP contribution in [0.3, 0.4) is 0 Å². The maximum atomic E-state index is 5.91. The van der Waals surface area contributed by atoms with Gasteiger partial charge in [0.25, 0.3) is 0 Å². The second kappa shape index (κ2) is 6.45. The molecule has 1 aromatic rings. The van der Waals surface area contributed by atoms with Crippen LogP contribution in [0, 0.1) is 0 Å². The van der Waals surface area contributed by atoms with Crippen molar-refractivity contribution in [1.82, 2.24) is 10.1 Å². The lowest BCUT2D eigenvalue weighted by molar-refractivity contribution is -0.118. The van der Waals surface area contributed by atoms with E-state index in [0.29, 0.717) is 38.0 Å². The largest absolute Gasteiger partial charge is 0.381 e. The normalized spacial score (nSPS) is 20.4. The average molecular weight is 269 g/mol. The van der Waals surface area contributed by atoms with E-state index in [-0.39, 0.29) is 6.04 Å². The molecule has 1 aliphatic heterocycles. The van der Waals surface area contributed by atoms with E-state index in [1.165, 1.54) is 0 Å². The predicted molar refractivity (Wildman–Crippen MR) is 69.6 cm³/mol. The third-order valence-electron chi connectivity index (χ3n) is 3.41. The van der Waals surface area contributed by atoms with E-state index in [9.17, 15) is 0 Å². The highest BCUT2D eigenvalue weighted by molar-refractivity contribution is 5.03. The first kappa shape index (κ1) is 14.4. The molecule has 1 atom stereocenters. The number of aromatic nitrogens is 2. The number of nitrogens with two attached hydrogens (primary N) is 1. The molecule has 2 rings (SSSR count). The van der Waals surface area contributed by atoms with Crippen molar-refractivity contribution in [3.63, 3.8) is 0 Å². The molecule has 0 spiro atoms. The van der Waals surface area contributed by atoms with E-state index in [1.54, 1.807) is 0 Å². The third kappa shape index (κ3) is 3.52. The van der Waals surface area contributed by atoms with Gasteiger partial charge in [-0.05, 0) is 20.3 Å². The van der Waals surface area contributed by atoms with Gasteiger partial charge in [0.15, 0.2) is 0 Å².